The molecule has 1 heterocycles. The molecule has 3 nitrogen and oxygen atoms in total. The standard InChI is InChI=1S/C10H15N3/c1-10(4-2-5-10)13-7-9-3-6-11-8-12-9/h3,6,8,13H,2,4-5,7H2,1H3. The number of hydrogen-bond donors (Lipinski definition) is 1. The molecule has 13 heavy (non-hydrogen) atoms. The van der Waals surface area contributed by atoms with Gasteiger partial charge in [-0.3, -0.25) is 0 Å². The number of rotatable bonds is 3. The van der Waals surface area contributed by atoms with Crippen molar-refractivity contribution < 1.29 is 0 Å². The van der Waals surface area contributed by atoms with Crippen LogP contribution in [-0.4, -0.2) is 15.5 Å². The largest absolute Gasteiger partial charge is 0.306 e. The molecule has 0 aliphatic heterocycles. The van der Waals surface area contributed by atoms with Gasteiger partial charge in [0.2, 0.25) is 0 Å². The summed E-state index contributed by atoms with van der Waals surface area (Å²) in [5.41, 5.74) is 1.44. The average Bonchev–Trinajstić information content (AvgIpc) is 2.13. The summed E-state index contributed by atoms with van der Waals surface area (Å²) in [6.07, 6.45) is 7.32. The van der Waals surface area contributed by atoms with E-state index >= 15 is 0 Å². The Labute approximate surface area is 78.6 Å². The minimum absolute atomic E-state index is 0.366. The summed E-state index contributed by atoms with van der Waals surface area (Å²) in [6, 6.07) is 1.95. The van der Waals surface area contributed by atoms with Gasteiger partial charge in [0.15, 0.2) is 0 Å². The van der Waals surface area contributed by atoms with E-state index < -0.39 is 0 Å². The van der Waals surface area contributed by atoms with Crippen LogP contribution in [0, 0.1) is 0 Å². The van der Waals surface area contributed by atoms with Gasteiger partial charge < -0.3 is 5.32 Å². The van der Waals surface area contributed by atoms with E-state index in [9.17, 15) is 0 Å². The highest BCUT2D eigenvalue weighted by Gasteiger charge is 2.30. The van der Waals surface area contributed by atoms with Crippen LogP contribution in [0.4, 0.5) is 0 Å². The molecule has 1 aliphatic carbocycles. The second-order valence-electron chi connectivity index (χ2n) is 3.97. The lowest BCUT2D eigenvalue weighted by atomic mass is 9.78. The molecule has 0 amide bonds. The molecule has 3 heteroatoms. The first-order chi connectivity index (χ1) is 6.29. The first-order valence-corrected chi connectivity index (χ1v) is 4.78. The second kappa shape index (κ2) is 3.42. The number of aromatic nitrogens is 2. The zero-order chi connectivity index (χ0) is 9.15. The van der Waals surface area contributed by atoms with Crippen LogP contribution in [0.15, 0.2) is 18.6 Å². The van der Waals surface area contributed by atoms with Gasteiger partial charge in [-0.05, 0) is 32.3 Å². The summed E-state index contributed by atoms with van der Waals surface area (Å²) in [5, 5.41) is 3.52. The van der Waals surface area contributed by atoms with E-state index in [-0.39, 0.29) is 0 Å². The fraction of sp³-hybridized carbons (Fsp3) is 0.600. The lowest BCUT2D eigenvalue weighted by Gasteiger charge is -2.39. The van der Waals surface area contributed by atoms with Gasteiger partial charge in [0.25, 0.3) is 0 Å². The molecule has 0 bridgehead atoms. The molecular formula is C10H15N3. The van der Waals surface area contributed by atoms with Crippen LogP contribution >= 0.6 is 0 Å². The lowest BCUT2D eigenvalue weighted by molar-refractivity contribution is 0.206. The maximum atomic E-state index is 4.17. The molecule has 1 aromatic heterocycles. The number of nitrogens with zero attached hydrogens (tertiary/aromatic N) is 2. The molecular weight excluding hydrogens is 162 g/mol. The van der Waals surface area contributed by atoms with E-state index in [1.165, 1.54) is 19.3 Å². The predicted molar refractivity (Wildman–Crippen MR) is 51.1 cm³/mol. The van der Waals surface area contributed by atoms with Crippen LogP contribution in [-0.2, 0) is 6.54 Å². The Kier molecular flexibility index (Phi) is 2.27. The van der Waals surface area contributed by atoms with Crippen LogP contribution in [0.5, 0.6) is 0 Å². The van der Waals surface area contributed by atoms with Gasteiger partial charge in [0.05, 0.1) is 5.69 Å². The highest BCUT2D eigenvalue weighted by atomic mass is 15.0. The van der Waals surface area contributed by atoms with E-state index in [2.05, 4.69) is 22.2 Å². The van der Waals surface area contributed by atoms with Crippen molar-refractivity contribution in [2.45, 2.75) is 38.3 Å². The normalized spacial score (nSPS) is 19.5. The van der Waals surface area contributed by atoms with Crippen molar-refractivity contribution >= 4 is 0 Å². The second-order valence-corrected chi connectivity index (χ2v) is 3.97. The monoisotopic (exact) mass is 177 g/mol. The summed E-state index contributed by atoms with van der Waals surface area (Å²) in [4.78, 5) is 8.05. The third kappa shape index (κ3) is 2.04. The molecule has 1 aromatic rings. The first-order valence-electron chi connectivity index (χ1n) is 4.78. The molecule has 70 valence electrons. The Morgan fingerprint density at radius 2 is 2.38 bits per heavy atom. The number of nitrogens with one attached hydrogen (secondary N) is 1. The summed E-state index contributed by atoms with van der Waals surface area (Å²) >= 11 is 0. The van der Waals surface area contributed by atoms with Crippen LogP contribution in [0.3, 0.4) is 0 Å². The Morgan fingerprint density at radius 3 is 2.92 bits per heavy atom. The van der Waals surface area contributed by atoms with Gasteiger partial charge in [0, 0.05) is 18.3 Å². The molecule has 0 saturated heterocycles. The molecule has 0 unspecified atom stereocenters. The van der Waals surface area contributed by atoms with Gasteiger partial charge in [-0.2, -0.15) is 0 Å². The van der Waals surface area contributed by atoms with E-state index in [1.807, 2.05) is 6.07 Å². The Bertz CT molecular complexity index is 267. The van der Waals surface area contributed by atoms with Crippen LogP contribution in [0.2, 0.25) is 0 Å². The molecule has 0 atom stereocenters. The van der Waals surface area contributed by atoms with Crippen molar-refractivity contribution in [3.8, 4) is 0 Å². The maximum Gasteiger partial charge on any atom is 0.115 e. The van der Waals surface area contributed by atoms with Crippen molar-refractivity contribution in [3.63, 3.8) is 0 Å². The van der Waals surface area contributed by atoms with E-state index in [1.54, 1.807) is 12.5 Å². The van der Waals surface area contributed by atoms with E-state index in [4.69, 9.17) is 0 Å². The van der Waals surface area contributed by atoms with E-state index in [0.717, 1.165) is 12.2 Å². The van der Waals surface area contributed by atoms with Crippen LogP contribution < -0.4 is 5.32 Å². The number of hydrogen-bond acceptors (Lipinski definition) is 3. The third-order valence-corrected chi connectivity index (χ3v) is 2.80. The highest BCUT2D eigenvalue weighted by Crippen LogP contribution is 2.30. The average molecular weight is 177 g/mol. The Hall–Kier alpha value is -0.960. The zero-order valence-electron chi connectivity index (χ0n) is 7.95. The summed E-state index contributed by atoms with van der Waals surface area (Å²) in [5.74, 6) is 0. The maximum absolute atomic E-state index is 4.17. The van der Waals surface area contributed by atoms with Crippen LogP contribution in [0.25, 0.3) is 0 Å². The van der Waals surface area contributed by atoms with Crippen LogP contribution in [0.1, 0.15) is 31.9 Å². The predicted octanol–water partition coefficient (Wildman–Crippen LogP) is 1.51. The fourth-order valence-corrected chi connectivity index (χ4v) is 1.61. The Morgan fingerprint density at radius 1 is 1.54 bits per heavy atom. The molecule has 2 rings (SSSR count). The van der Waals surface area contributed by atoms with Gasteiger partial charge in [-0.25, -0.2) is 9.97 Å². The van der Waals surface area contributed by atoms with Crippen molar-refractivity contribution in [1.29, 1.82) is 0 Å². The summed E-state index contributed by atoms with van der Waals surface area (Å²) in [6.45, 7) is 3.14. The first kappa shape index (κ1) is 8.63. The minimum atomic E-state index is 0.366. The van der Waals surface area contributed by atoms with Gasteiger partial charge in [-0.15, -0.1) is 0 Å². The molecule has 1 aliphatic rings. The molecule has 1 N–H and O–H groups in total. The topological polar surface area (TPSA) is 37.8 Å². The van der Waals surface area contributed by atoms with Gasteiger partial charge in [0.1, 0.15) is 6.33 Å². The minimum Gasteiger partial charge on any atom is -0.306 e. The molecule has 0 radical (unpaired) electrons. The quantitative estimate of drug-likeness (QED) is 0.760. The molecule has 1 saturated carbocycles. The van der Waals surface area contributed by atoms with Crippen molar-refractivity contribution in [3.05, 3.63) is 24.3 Å². The Balaban J connectivity index is 1.86. The van der Waals surface area contributed by atoms with Crippen molar-refractivity contribution in [1.82, 2.24) is 15.3 Å². The van der Waals surface area contributed by atoms with Gasteiger partial charge >= 0.3 is 0 Å². The SMILES string of the molecule is CC1(NCc2ccncn2)CCC1. The molecule has 1 fully saturated rings. The summed E-state index contributed by atoms with van der Waals surface area (Å²) < 4.78 is 0. The highest BCUT2D eigenvalue weighted by molar-refractivity contribution is 5.00. The smallest absolute Gasteiger partial charge is 0.115 e. The van der Waals surface area contributed by atoms with Crippen molar-refractivity contribution in [2.75, 3.05) is 0 Å². The van der Waals surface area contributed by atoms with Crippen molar-refractivity contribution in [2.24, 2.45) is 0 Å². The molecule has 0 spiro atoms. The zero-order valence-corrected chi connectivity index (χ0v) is 7.95. The molecule has 0 aromatic carbocycles. The summed E-state index contributed by atoms with van der Waals surface area (Å²) in [7, 11) is 0. The van der Waals surface area contributed by atoms with E-state index in [0.29, 0.717) is 5.54 Å². The fourth-order valence-electron chi connectivity index (χ4n) is 1.61. The lowest BCUT2D eigenvalue weighted by Crippen LogP contribution is -2.47. The third-order valence-electron chi connectivity index (χ3n) is 2.80. The van der Waals surface area contributed by atoms with Gasteiger partial charge in [-0.1, -0.05) is 0 Å².